The van der Waals surface area contributed by atoms with Gasteiger partial charge in [0.15, 0.2) is 0 Å². The molecule has 62 valence electrons. The number of rotatable bonds is 2. The Labute approximate surface area is 82.5 Å². The highest BCUT2D eigenvalue weighted by Gasteiger charge is 2.04. The first kappa shape index (κ1) is 9.18. The number of carboxylic acids is 1. The largest absolute Gasteiger partial charge is 0.478 e. The van der Waals surface area contributed by atoms with Crippen molar-refractivity contribution >= 4 is 34.8 Å². The number of halogens is 1. The van der Waals surface area contributed by atoms with Crippen LogP contribution in [0.5, 0.6) is 0 Å². The number of benzene rings is 1. The molecule has 0 bridgehead atoms. The van der Waals surface area contributed by atoms with Gasteiger partial charge in [0.25, 0.3) is 0 Å². The molecule has 0 aliphatic rings. The van der Waals surface area contributed by atoms with Crippen LogP contribution in [0.15, 0.2) is 18.2 Å². The molecule has 0 spiro atoms. The average Bonchev–Trinajstić information content (AvgIpc) is 2.03. The first-order chi connectivity index (χ1) is 5.63. The predicted molar refractivity (Wildman–Crippen MR) is 51.5 cm³/mol. The number of hydrogen-bond donors (Lipinski definition) is 1. The Morgan fingerprint density at radius 2 is 2.08 bits per heavy atom. The number of carboxylic acid groups (broad SMARTS) is 1. The van der Waals surface area contributed by atoms with Gasteiger partial charge in [0.05, 0.1) is 5.56 Å². The lowest BCUT2D eigenvalue weighted by Crippen LogP contribution is -1.98. The van der Waals surface area contributed by atoms with Gasteiger partial charge in [-0.05, 0) is 40.8 Å². The SMILES string of the molecule is O=Cc1cc(I)cc(C(=O)O)c1. The van der Waals surface area contributed by atoms with Crippen molar-refractivity contribution in [1.82, 2.24) is 0 Å². The number of carbonyl (C=O) groups excluding carboxylic acids is 1. The fraction of sp³-hybridized carbons (Fsp3) is 0. The van der Waals surface area contributed by atoms with Crippen LogP contribution in [0.1, 0.15) is 20.7 Å². The highest BCUT2D eigenvalue weighted by Crippen LogP contribution is 2.11. The first-order valence-electron chi connectivity index (χ1n) is 3.12. The van der Waals surface area contributed by atoms with Crippen LogP contribution in [0, 0.1) is 3.57 Å². The third-order valence-electron chi connectivity index (χ3n) is 1.30. The lowest BCUT2D eigenvalue weighted by atomic mass is 10.1. The smallest absolute Gasteiger partial charge is 0.335 e. The van der Waals surface area contributed by atoms with Crippen LogP contribution in [0.4, 0.5) is 0 Å². The Morgan fingerprint density at radius 1 is 1.42 bits per heavy atom. The zero-order valence-electron chi connectivity index (χ0n) is 5.95. The third-order valence-corrected chi connectivity index (χ3v) is 1.93. The van der Waals surface area contributed by atoms with Crippen LogP contribution >= 0.6 is 22.6 Å². The summed E-state index contributed by atoms with van der Waals surface area (Å²) in [6.07, 6.45) is 0.634. The van der Waals surface area contributed by atoms with Crippen molar-refractivity contribution in [3.05, 3.63) is 32.9 Å². The van der Waals surface area contributed by atoms with Gasteiger partial charge < -0.3 is 5.11 Å². The van der Waals surface area contributed by atoms with Gasteiger partial charge in [0, 0.05) is 9.13 Å². The zero-order valence-corrected chi connectivity index (χ0v) is 8.11. The minimum absolute atomic E-state index is 0.143. The van der Waals surface area contributed by atoms with Crippen LogP contribution in [0.25, 0.3) is 0 Å². The molecule has 0 fully saturated rings. The molecule has 0 heterocycles. The molecule has 3 nitrogen and oxygen atoms in total. The van der Waals surface area contributed by atoms with Crippen molar-refractivity contribution in [3.8, 4) is 0 Å². The van der Waals surface area contributed by atoms with Crippen LogP contribution < -0.4 is 0 Å². The topological polar surface area (TPSA) is 54.4 Å². The van der Waals surface area contributed by atoms with Gasteiger partial charge in [-0.25, -0.2) is 4.79 Å². The molecule has 0 atom stereocenters. The standard InChI is InChI=1S/C8H5IO3/c9-7-2-5(4-10)1-6(3-7)8(11)12/h1-4H,(H,11,12). The molecule has 12 heavy (non-hydrogen) atoms. The van der Waals surface area contributed by atoms with Gasteiger partial charge in [-0.15, -0.1) is 0 Å². The van der Waals surface area contributed by atoms with Crippen molar-refractivity contribution in [1.29, 1.82) is 0 Å². The zero-order chi connectivity index (χ0) is 9.14. The molecule has 1 rings (SSSR count). The van der Waals surface area contributed by atoms with Gasteiger partial charge in [-0.3, -0.25) is 4.79 Å². The minimum Gasteiger partial charge on any atom is -0.478 e. The van der Waals surface area contributed by atoms with E-state index in [-0.39, 0.29) is 5.56 Å². The van der Waals surface area contributed by atoms with Crippen molar-refractivity contribution in [2.24, 2.45) is 0 Å². The highest BCUT2D eigenvalue weighted by molar-refractivity contribution is 14.1. The Kier molecular flexibility index (Phi) is 2.80. The Morgan fingerprint density at radius 3 is 2.58 bits per heavy atom. The van der Waals surface area contributed by atoms with E-state index in [0.29, 0.717) is 11.8 Å². The fourth-order valence-electron chi connectivity index (χ4n) is 0.804. The normalized spacial score (nSPS) is 9.42. The summed E-state index contributed by atoms with van der Waals surface area (Å²) in [5.41, 5.74) is 0.531. The molecule has 4 heteroatoms. The molecule has 0 aliphatic heterocycles. The number of carbonyl (C=O) groups is 2. The van der Waals surface area contributed by atoms with E-state index in [1.165, 1.54) is 12.1 Å². The molecule has 0 saturated carbocycles. The van der Waals surface area contributed by atoms with E-state index < -0.39 is 5.97 Å². The summed E-state index contributed by atoms with van der Waals surface area (Å²) < 4.78 is 0.745. The van der Waals surface area contributed by atoms with Gasteiger partial charge in [-0.2, -0.15) is 0 Å². The lowest BCUT2D eigenvalue weighted by molar-refractivity contribution is 0.0697. The quantitative estimate of drug-likeness (QED) is 0.662. The second kappa shape index (κ2) is 3.66. The fourth-order valence-corrected chi connectivity index (χ4v) is 1.50. The van der Waals surface area contributed by atoms with Crippen LogP contribution in [0.2, 0.25) is 0 Å². The molecule has 0 unspecified atom stereocenters. The van der Waals surface area contributed by atoms with Gasteiger partial charge >= 0.3 is 5.97 Å². The molecule has 1 aromatic rings. The summed E-state index contributed by atoms with van der Waals surface area (Å²) >= 11 is 1.97. The van der Waals surface area contributed by atoms with Crippen LogP contribution in [0.3, 0.4) is 0 Å². The predicted octanol–water partition coefficient (Wildman–Crippen LogP) is 1.80. The summed E-state index contributed by atoms with van der Waals surface area (Å²) in [6.45, 7) is 0. The van der Waals surface area contributed by atoms with Crippen molar-refractivity contribution in [2.45, 2.75) is 0 Å². The second-order valence-corrected chi connectivity index (χ2v) is 3.44. The van der Waals surface area contributed by atoms with Gasteiger partial charge in [0.1, 0.15) is 6.29 Å². The molecule has 1 aromatic carbocycles. The van der Waals surface area contributed by atoms with Gasteiger partial charge in [0.2, 0.25) is 0 Å². The monoisotopic (exact) mass is 276 g/mol. The molecule has 1 N–H and O–H groups in total. The molecular formula is C8H5IO3. The lowest BCUT2D eigenvalue weighted by Gasteiger charge is -1.96. The maximum absolute atomic E-state index is 10.5. The molecule has 0 amide bonds. The second-order valence-electron chi connectivity index (χ2n) is 2.20. The molecule has 0 radical (unpaired) electrons. The number of hydrogen-bond acceptors (Lipinski definition) is 2. The Balaban J connectivity index is 3.23. The van der Waals surface area contributed by atoms with E-state index in [4.69, 9.17) is 5.11 Å². The number of aldehydes is 1. The maximum atomic E-state index is 10.5. The van der Waals surface area contributed by atoms with Crippen molar-refractivity contribution in [3.63, 3.8) is 0 Å². The summed E-state index contributed by atoms with van der Waals surface area (Å²) in [5.74, 6) is -1.02. The molecule has 0 aliphatic carbocycles. The Bertz CT molecular complexity index is 333. The van der Waals surface area contributed by atoms with E-state index in [1.54, 1.807) is 6.07 Å². The first-order valence-corrected chi connectivity index (χ1v) is 4.20. The van der Waals surface area contributed by atoms with E-state index in [2.05, 4.69) is 0 Å². The Hall–Kier alpha value is -0.910. The molecular weight excluding hydrogens is 271 g/mol. The summed E-state index contributed by atoms with van der Waals surface area (Å²) in [5, 5.41) is 8.61. The molecule has 0 saturated heterocycles. The maximum Gasteiger partial charge on any atom is 0.335 e. The van der Waals surface area contributed by atoms with E-state index in [9.17, 15) is 9.59 Å². The van der Waals surface area contributed by atoms with Crippen molar-refractivity contribution < 1.29 is 14.7 Å². The number of aromatic carboxylic acids is 1. The minimum atomic E-state index is -1.02. The summed E-state index contributed by atoms with van der Waals surface area (Å²) in [6, 6.07) is 4.48. The summed E-state index contributed by atoms with van der Waals surface area (Å²) in [7, 11) is 0. The summed E-state index contributed by atoms with van der Waals surface area (Å²) in [4.78, 5) is 20.8. The van der Waals surface area contributed by atoms with E-state index >= 15 is 0 Å². The van der Waals surface area contributed by atoms with Gasteiger partial charge in [-0.1, -0.05) is 0 Å². The van der Waals surface area contributed by atoms with E-state index in [1.807, 2.05) is 22.6 Å². The van der Waals surface area contributed by atoms with Crippen LogP contribution in [-0.4, -0.2) is 17.4 Å². The average molecular weight is 276 g/mol. The highest BCUT2D eigenvalue weighted by atomic mass is 127. The van der Waals surface area contributed by atoms with E-state index in [0.717, 1.165) is 3.57 Å². The van der Waals surface area contributed by atoms with Crippen LogP contribution in [-0.2, 0) is 0 Å². The van der Waals surface area contributed by atoms with Crippen molar-refractivity contribution in [2.75, 3.05) is 0 Å². The molecule has 0 aromatic heterocycles. The third kappa shape index (κ3) is 2.04.